The molecule has 18 heavy (non-hydrogen) atoms. The van der Waals surface area contributed by atoms with Crippen molar-refractivity contribution in [2.24, 2.45) is 0 Å². The normalized spacial score (nSPS) is 12.5. The minimum absolute atomic E-state index is 0.671. The first-order valence-corrected chi connectivity index (χ1v) is 5.93. The molecule has 1 unspecified atom stereocenters. The fourth-order valence-electron chi connectivity index (χ4n) is 2.04. The smallest absolute Gasteiger partial charge is 0.121 e. The van der Waals surface area contributed by atoms with E-state index in [0.29, 0.717) is 5.69 Å². The summed E-state index contributed by atoms with van der Waals surface area (Å²) in [6.45, 7) is 0. The highest BCUT2D eigenvalue weighted by molar-refractivity contribution is 5.78. The average Bonchev–Trinajstić information content (AvgIpc) is 2.47. The van der Waals surface area contributed by atoms with Gasteiger partial charge in [-0.25, -0.2) is 4.98 Å². The number of para-hydroxylation sites is 1. The third kappa shape index (κ3) is 1.98. The van der Waals surface area contributed by atoms with Crippen LogP contribution >= 0.6 is 0 Å². The molecular formula is C16H13NO. The van der Waals surface area contributed by atoms with E-state index in [9.17, 15) is 5.11 Å². The van der Waals surface area contributed by atoms with E-state index >= 15 is 0 Å². The first-order valence-electron chi connectivity index (χ1n) is 5.93. The minimum Gasteiger partial charge on any atom is -0.382 e. The van der Waals surface area contributed by atoms with Gasteiger partial charge in [0.15, 0.2) is 0 Å². The number of nitrogens with zero attached hydrogens (tertiary/aromatic N) is 1. The van der Waals surface area contributed by atoms with Crippen LogP contribution in [-0.4, -0.2) is 10.1 Å². The van der Waals surface area contributed by atoms with E-state index < -0.39 is 6.10 Å². The Bertz CT molecular complexity index is 664. The Morgan fingerprint density at radius 1 is 0.778 bits per heavy atom. The van der Waals surface area contributed by atoms with E-state index in [1.807, 2.05) is 66.7 Å². The molecule has 1 N–H and O–H groups in total. The van der Waals surface area contributed by atoms with Crippen molar-refractivity contribution in [1.29, 1.82) is 0 Å². The van der Waals surface area contributed by atoms with E-state index in [-0.39, 0.29) is 0 Å². The van der Waals surface area contributed by atoms with Crippen LogP contribution in [0.15, 0.2) is 66.7 Å². The SMILES string of the molecule is OC(c1ccccc1)c1ccc2ccccc2n1. The molecule has 0 fully saturated rings. The Morgan fingerprint density at radius 2 is 1.50 bits per heavy atom. The van der Waals surface area contributed by atoms with Crippen molar-refractivity contribution < 1.29 is 5.11 Å². The first-order chi connectivity index (χ1) is 8.84. The van der Waals surface area contributed by atoms with Gasteiger partial charge in [-0.1, -0.05) is 54.6 Å². The molecule has 1 heterocycles. The number of aromatic nitrogens is 1. The molecule has 3 aromatic rings. The summed E-state index contributed by atoms with van der Waals surface area (Å²) in [4.78, 5) is 4.50. The summed E-state index contributed by atoms with van der Waals surface area (Å²) in [5, 5.41) is 11.4. The van der Waals surface area contributed by atoms with Crippen LogP contribution in [-0.2, 0) is 0 Å². The van der Waals surface area contributed by atoms with Crippen molar-refractivity contribution in [3.05, 3.63) is 78.0 Å². The lowest BCUT2D eigenvalue weighted by Crippen LogP contribution is -2.02. The molecule has 0 aliphatic heterocycles. The van der Waals surface area contributed by atoms with Gasteiger partial charge in [0.05, 0.1) is 11.2 Å². The Labute approximate surface area is 106 Å². The number of aliphatic hydroxyl groups excluding tert-OH is 1. The maximum atomic E-state index is 10.3. The average molecular weight is 235 g/mol. The van der Waals surface area contributed by atoms with Crippen LogP contribution in [0.4, 0.5) is 0 Å². The summed E-state index contributed by atoms with van der Waals surface area (Å²) < 4.78 is 0. The third-order valence-corrected chi connectivity index (χ3v) is 3.02. The fraction of sp³-hybridized carbons (Fsp3) is 0.0625. The Hall–Kier alpha value is -2.19. The predicted octanol–water partition coefficient (Wildman–Crippen LogP) is 3.32. The zero-order valence-electron chi connectivity index (χ0n) is 9.82. The monoisotopic (exact) mass is 235 g/mol. The van der Waals surface area contributed by atoms with Crippen LogP contribution in [0.3, 0.4) is 0 Å². The minimum atomic E-state index is -0.671. The number of hydrogen-bond donors (Lipinski definition) is 1. The van der Waals surface area contributed by atoms with Crippen LogP contribution < -0.4 is 0 Å². The lowest BCUT2D eigenvalue weighted by Gasteiger charge is -2.11. The number of hydrogen-bond acceptors (Lipinski definition) is 2. The Kier molecular flexibility index (Phi) is 2.79. The molecule has 1 aromatic heterocycles. The van der Waals surface area contributed by atoms with Gasteiger partial charge in [0.2, 0.25) is 0 Å². The van der Waals surface area contributed by atoms with Gasteiger partial charge in [0.25, 0.3) is 0 Å². The lowest BCUT2D eigenvalue weighted by atomic mass is 10.1. The van der Waals surface area contributed by atoms with E-state index in [0.717, 1.165) is 16.5 Å². The van der Waals surface area contributed by atoms with Crippen LogP contribution in [0.5, 0.6) is 0 Å². The molecule has 2 aromatic carbocycles. The molecule has 0 saturated heterocycles. The molecule has 0 radical (unpaired) electrons. The third-order valence-electron chi connectivity index (χ3n) is 3.02. The number of pyridine rings is 1. The van der Waals surface area contributed by atoms with E-state index in [2.05, 4.69) is 4.98 Å². The van der Waals surface area contributed by atoms with Crippen molar-refractivity contribution in [2.45, 2.75) is 6.10 Å². The Balaban J connectivity index is 2.04. The molecule has 0 aliphatic carbocycles. The summed E-state index contributed by atoms with van der Waals surface area (Å²) in [5.41, 5.74) is 2.45. The standard InChI is InChI=1S/C16H13NO/c18-16(13-7-2-1-3-8-13)15-11-10-12-6-4-5-9-14(12)17-15/h1-11,16,18H. The summed E-state index contributed by atoms with van der Waals surface area (Å²) >= 11 is 0. The van der Waals surface area contributed by atoms with Gasteiger partial charge >= 0.3 is 0 Å². The second kappa shape index (κ2) is 4.59. The van der Waals surface area contributed by atoms with Gasteiger partial charge in [-0.15, -0.1) is 0 Å². The zero-order chi connectivity index (χ0) is 12.4. The second-order valence-electron chi connectivity index (χ2n) is 4.24. The second-order valence-corrected chi connectivity index (χ2v) is 4.24. The molecule has 1 atom stereocenters. The maximum absolute atomic E-state index is 10.3. The Morgan fingerprint density at radius 3 is 2.33 bits per heavy atom. The quantitative estimate of drug-likeness (QED) is 0.739. The van der Waals surface area contributed by atoms with E-state index in [4.69, 9.17) is 0 Å². The van der Waals surface area contributed by atoms with Crippen LogP contribution in [0, 0.1) is 0 Å². The van der Waals surface area contributed by atoms with Gasteiger partial charge in [-0.05, 0) is 17.7 Å². The topological polar surface area (TPSA) is 33.1 Å². The molecular weight excluding hydrogens is 222 g/mol. The largest absolute Gasteiger partial charge is 0.382 e. The van der Waals surface area contributed by atoms with Crippen molar-refractivity contribution in [1.82, 2.24) is 4.98 Å². The first kappa shape index (κ1) is 10.9. The van der Waals surface area contributed by atoms with Crippen molar-refractivity contribution in [2.75, 3.05) is 0 Å². The molecule has 2 heteroatoms. The summed E-state index contributed by atoms with van der Waals surface area (Å²) in [6, 6.07) is 21.3. The van der Waals surface area contributed by atoms with Crippen molar-refractivity contribution >= 4 is 10.9 Å². The molecule has 0 spiro atoms. The highest BCUT2D eigenvalue weighted by Crippen LogP contribution is 2.22. The predicted molar refractivity (Wildman–Crippen MR) is 72.2 cm³/mol. The molecule has 0 aliphatic rings. The molecule has 0 bridgehead atoms. The van der Waals surface area contributed by atoms with Crippen LogP contribution in [0.2, 0.25) is 0 Å². The molecule has 0 amide bonds. The summed E-state index contributed by atoms with van der Waals surface area (Å²) in [6.07, 6.45) is -0.671. The van der Waals surface area contributed by atoms with Gasteiger partial charge in [-0.3, -0.25) is 0 Å². The van der Waals surface area contributed by atoms with Crippen LogP contribution in [0.1, 0.15) is 17.4 Å². The van der Waals surface area contributed by atoms with Gasteiger partial charge in [0.1, 0.15) is 6.10 Å². The van der Waals surface area contributed by atoms with Gasteiger partial charge in [-0.2, -0.15) is 0 Å². The summed E-state index contributed by atoms with van der Waals surface area (Å²) in [5.74, 6) is 0. The van der Waals surface area contributed by atoms with E-state index in [1.54, 1.807) is 0 Å². The number of aliphatic hydroxyl groups is 1. The maximum Gasteiger partial charge on any atom is 0.121 e. The highest BCUT2D eigenvalue weighted by atomic mass is 16.3. The molecule has 3 rings (SSSR count). The zero-order valence-corrected chi connectivity index (χ0v) is 9.82. The number of benzene rings is 2. The van der Waals surface area contributed by atoms with Crippen LogP contribution in [0.25, 0.3) is 10.9 Å². The van der Waals surface area contributed by atoms with Gasteiger partial charge < -0.3 is 5.11 Å². The fourth-order valence-corrected chi connectivity index (χ4v) is 2.04. The number of rotatable bonds is 2. The van der Waals surface area contributed by atoms with Crippen molar-refractivity contribution in [3.63, 3.8) is 0 Å². The van der Waals surface area contributed by atoms with Gasteiger partial charge in [0, 0.05) is 5.39 Å². The van der Waals surface area contributed by atoms with E-state index in [1.165, 1.54) is 0 Å². The molecule has 0 saturated carbocycles. The molecule has 2 nitrogen and oxygen atoms in total. The lowest BCUT2D eigenvalue weighted by molar-refractivity contribution is 0.216. The number of fused-ring (bicyclic) bond motifs is 1. The highest BCUT2D eigenvalue weighted by Gasteiger charge is 2.11. The van der Waals surface area contributed by atoms with Crippen molar-refractivity contribution in [3.8, 4) is 0 Å². The molecule has 88 valence electrons. The summed E-state index contributed by atoms with van der Waals surface area (Å²) in [7, 11) is 0.